The van der Waals surface area contributed by atoms with E-state index in [-0.39, 0.29) is 0 Å². The minimum atomic E-state index is 0.419. The van der Waals surface area contributed by atoms with Crippen LogP contribution >= 0.6 is 0 Å². The van der Waals surface area contributed by atoms with Crippen molar-refractivity contribution < 1.29 is 0 Å². The van der Waals surface area contributed by atoms with E-state index in [2.05, 4.69) is 28.9 Å². The molecule has 2 heterocycles. The number of rotatable bonds is 3. The lowest BCUT2D eigenvalue weighted by atomic mass is 10.1. The van der Waals surface area contributed by atoms with E-state index in [0.29, 0.717) is 12.0 Å². The summed E-state index contributed by atoms with van der Waals surface area (Å²) in [6, 6.07) is 6.53. The minimum Gasteiger partial charge on any atom is -0.330 e. The van der Waals surface area contributed by atoms with Crippen LogP contribution in [0.2, 0.25) is 0 Å². The summed E-state index contributed by atoms with van der Waals surface area (Å²) in [5, 5.41) is 0. The molecule has 15 heavy (non-hydrogen) atoms. The average molecular weight is 205 g/mol. The lowest BCUT2D eigenvalue weighted by Crippen LogP contribution is -2.26. The van der Waals surface area contributed by atoms with Crippen LogP contribution in [0, 0.1) is 5.92 Å². The molecule has 1 fully saturated rings. The molecule has 1 saturated heterocycles. The van der Waals surface area contributed by atoms with E-state index < -0.39 is 0 Å². The third kappa shape index (κ3) is 2.36. The van der Waals surface area contributed by atoms with E-state index in [9.17, 15) is 0 Å². The number of hydrogen-bond acceptors (Lipinski definition) is 3. The molecule has 0 aromatic carbocycles. The van der Waals surface area contributed by atoms with Crippen LogP contribution in [0.5, 0.6) is 0 Å². The van der Waals surface area contributed by atoms with Gasteiger partial charge < -0.3 is 5.73 Å². The predicted molar refractivity (Wildman–Crippen MR) is 61.4 cm³/mol. The number of likely N-dealkylation sites (tertiary alicyclic amines) is 1. The Labute approximate surface area is 91.3 Å². The van der Waals surface area contributed by atoms with Gasteiger partial charge >= 0.3 is 0 Å². The van der Waals surface area contributed by atoms with Gasteiger partial charge in [0.1, 0.15) is 0 Å². The Kier molecular flexibility index (Phi) is 3.34. The molecule has 3 nitrogen and oxygen atoms in total. The molecule has 1 aromatic heterocycles. The number of nitrogens with two attached hydrogens (primary N) is 1. The minimum absolute atomic E-state index is 0.419. The summed E-state index contributed by atoms with van der Waals surface area (Å²) < 4.78 is 0. The van der Waals surface area contributed by atoms with Gasteiger partial charge in [-0.15, -0.1) is 0 Å². The Hall–Kier alpha value is -0.930. The van der Waals surface area contributed by atoms with E-state index in [4.69, 9.17) is 5.73 Å². The fourth-order valence-corrected chi connectivity index (χ4v) is 2.22. The largest absolute Gasteiger partial charge is 0.330 e. The summed E-state index contributed by atoms with van der Waals surface area (Å²) in [4.78, 5) is 6.87. The quantitative estimate of drug-likeness (QED) is 0.811. The highest BCUT2D eigenvalue weighted by Crippen LogP contribution is 2.25. The predicted octanol–water partition coefficient (Wildman–Crippen LogP) is 1.42. The zero-order valence-corrected chi connectivity index (χ0v) is 9.26. The van der Waals surface area contributed by atoms with Crippen molar-refractivity contribution in [3.8, 4) is 0 Å². The molecule has 82 valence electrons. The van der Waals surface area contributed by atoms with Crippen molar-refractivity contribution in [3.63, 3.8) is 0 Å². The van der Waals surface area contributed by atoms with Crippen LogP contribution in [0.15, 0.2) is 24.4 Å². The summed E-state index contributed by atoms with van der Waals surface area (Å²) in [5.41, 5.74) is 6.85. The van der Waals surface area contributed by atoms with Gasteiger partial charge in [0, 0.05) is 18.8 Å². The molecule has 1 aromatic rings. The first kappa shape index (κ1) is 10.6. The summed E-state index contributed by atoms with van der Waals surface area (Å²) in [6.07, 6.45) is 3.09. The normalized spacial score (nSPS) is 24.3. The van der Waals surface area contributed by atoms with Crippen LogP contribution in [0.1, 0.15) is 25.1 Å². The molecule has 2 N–H and O–H groups in total. The third-order valence-electron chi connectivity index (χ3n) is 3.31. The van der Waals surface area contributed by atoms with Crippen LogP contribution in [-0.2, 0) is 0 Å². The highest BCUT2D eigenvalue weighted by Gasteiger charge is 2.26. The summed E-state index contributed by atoms with van der Waals surface area (Å²) in [5.74, 6) is 0.677. The van der Waals surface area contributed by atoms with Crippen molar-refractivity contribution in [2.45, 2.75) is 19.4 Å². The molecular formula is C12H19N3. The fraction of sp³-hybridized carbons (Fsp3) is 0.583. The van der Waals surface area contributed by atoms with Gasteiger partial charge in [-0.1, -0.05) is 6.07 Å². The Morgan fingerprint density at radius 1 is 1.60 bits per heavy atom. The first-order chi connectivity index (χ1) is 7.31. The van der Waals surface area contributed by atoms with Gasteiger partial charge in [0.25, 0.3) is 0 Å². The van der Waals surface area contributed by atoms with Gasteiger partial charge in [-0.3, -0.25) is 9.88 Å². The third-order valence-corrected chi connectivity index (χ3v) is 3.31. The van der Waals surface area contributed by atoms with Crippen molar-refractivity contribution in [3.05, 3.63) is 30.1 Å². The van der Waals surface area contributed by atoms with Gasteiger partial charge in [0.15, 0.2) is 0 Å². The fourth-order valence-electron chi connectivity index (χ4n) is 2.22. The average Bonchev–Trinajstić information content (AvgIpc) is 2.78. The molecular weight excluding hydrogens is 186 g/mol. The zero-order chi connectivity index (χ0) is 10.7. The highest BCUT2D eigenvalue weighted by molar-refractivity contribution is 5.08. The molecule has 0 bridgehead atoms. The van der Waals surface area contributed by atoms with Crippen LogP contribution in [0.25, 0.3) is 0 Å². The smallest absolute Gasteiger partial charge is 0.0572 e. The zero-order valence-electron chi connectivity index (χ0n) is 9.26. The number of aromatic nitrogens is 1. The molecule has 3 heteroatoms. The van der Waals surface area contributed by atoms with Crippen molar-refractivity contribution >= 4 is 0 Å². The molecule has 0 aliphatic carbocycles. The van der Waals surface area contributed by atoms with Crippen molar-refractivity contribution in [2.75, 3.05) is 19.6 Å². The topological polar surface area (TPSA) is 42.2 Å². The van der Waals surface area contributed by atoms with Crippen LogP contribution in [0.4, 0.5) is 0 Å². The molecule has 0 saturated carbocycles. The second-order valence-electron chi connectivity index (χ2n) is 4.32. The summed E-state index contributed by atoms with van der Waals surface area (Å²) >= 11 is 0. The van der Waals surface area contributed by atoms with E-state index in [1.54, 1.807) is 0 Å². The molecule has 1 aliphatic rings. The van der Waals surface area contributed by atoms with Gasteiger partial charge in [-0.05, 0) is 44.5 Å². The molecule has 2 unspecified atom stereocenters. The molecule has 1 aliphatic heterocycles. The highest BCUT2D eigenvalue weighted by atomic mass is 15.2. The summed E-state index contributed by atoms with van der Waals surface area (Å²) in [7, 11) is 0. The van der Waals surface area contributed by atoms with Crippen molar-refractivity contribution in [2.24, 2.45) is 11.7 Å². The second kappa shape index (κ2) is 4.73. The van der Waals surface area contributed by atoms with Crippen molar-refractivity contribution in [1.82, 2.24) is 9.88 Å². The van der Waals surface area contributed by atoms with Crippen LogP contribution < -0.4 is 5.73 Å². The molecule has 2 atom stereocenters. The maximum Gasteiger partial charge on any atom is 0.0572 e. The Morgan fingerprint density at radius 3 is 3.07 bits per heavy atom. The van der Waals surface area contributed by atoms with Gasteiger partial charge in [0.05, 0.1) is 5.69 Å². The number of nitrogens with zero attached hydrogens (tertiary/aromatic N) is 2. The van der Waals surface area contributed by atoms with Gasteiger partial charge in [0.2, 0.25) is 0 Å². The molecule has 2 rings (SSSR count). The molecule has 0 radical (unpaired) electrons. The molecule has 0 amide bonds. The summed E-state index contributed by atoms with van der Waals surface area (Å²) in [6.45, 7) is 5.31. The number of hydrogen-bond donors (Lipinski definition) is 1. The van der Waals surface area contributed by atoms with Crippen LogP contribution in [0.3, 0.4) is 0 Å². The van der Waals surface area contributed by atoms with Crippen molar-refractivity contribution in [1.29, 1.82) is 0 Å². The van der Waals surface area contributed by atoms with Gasteiger partial charge in [-0.2, -0.15) is 0 Å². The maximum atomic E-state index is 5.69. The van der Waals surface area contributed by atoms with E-state index >= 15 is 0 Å². The number of pyridine rings is 1. The van der Waals surface area contributed by atoms with Gasteiger partial charge in [-0.25, -0.2) is 0 Å². The maximum absolute atomic E-state index is 5.69. The SMILES string of the molecule is CC(c1ccccn1)N1CCC(CN)C1. The first-order valence-corrected chi connectivity index (χ1v) is 5.66. The van der Waals surface area contributed by atoms with E-state index in [1.165, 1.54) is 6.42 Å². The molecule has 0 spiro atoms. The second-order valence-corrected chi connectivity index (χ2v) is 4.32. The Morgan fingerprint density at radius 2 is 2.47 bits per heavy atom. The first-order valence-electron chi connectivity index (χ1n) is 5.66. The van der Waals surface area contributed by atoms with E-state index in [0.717, 1.165) is 25.3 Å². The monoisotopic (exact) mass is 205 g/mol. The standard InChI is InChI=1S/C12H19N3/c1-10(12-4-2-3-6-14-12)15-7-5-11(8-13)9-15/h2-4,6,10-11H,5,7-9,13H2,1H3. The van der Waals surface area contributed by atoms with Crippen LogP contribution in [-0.4, -0.2) is 29.5 Å². The van der Waals surface area contributed by atoms with E-state index in [1.807, 2.05) is 12.3 Å². The Balaban J connectivity index is 2.00. The Bertz CT molecular complexity index is 299. The lowest BCUT2D eigenvalue weighted by Gasteiger charge is -2.23. The lowest BCUT2D eigenvalue weighted by molar-refractivity contribution is 0.249.